The molecule has 0 amide bonds. The van der Waals surface area contributed by atoms with Gasteiger partial charge in [-0.15, -0.1) is 0 Å². The van der Waals surface area contributed by atoms with Crippen LogP contribution in [0.4, 0.5) is 4.79 Å². The van der Waals surface area contributed by atoms with Crippen LogP contribution in [0.2, 0.25) is 0 Å². The number of carbonyl (C=O) groups is 1. The molecule has 0 aliphatic rings. The summed E-state index contributed by atoms with van der Waals surface area (Å²) in [5.74, 6) is 0.218. The molecule has 0 fully saturated rings. The first-order valence-electron chi connectivity index (χ1n) is 2.98. The van der Waals surface area contributed by atoms with Crippen molar-refractivity contribution in [2.75, 3.05) is 0 Å². The van der Waals surface area contributed by atoms with E-state index in [4.69, 9.17) is 11.6 Å². The van der Waals surface area contributed by atoms with Crippen molar-refractivity contribution in [3.63, 3.8) is 0 Å². The summed E-state index contributed by atoms with van der Waals surface area (Å²) in [5, 5.41) is 0. The number of aryl methyl sites for hydroxylation is 1. The fraction of sp³-hybridized carbons (Fsp3) is 0.143. The Hall–Kier alpha value is -1.09. The molecule has 0 atom stereocenters. The van der Waals surface area contributed by atoms with Crippen molar-refractivity contribution < 1.29 is 9.53 Å². The van der Waals surface area contributed by atoms with Crippen molar-refractivity contribution in [1.29, 1.82) is 0 Å². The van der Waals surface area contributed by atoms with E-state index >= 15 is 0 Å². The number of aromatic nitrogens is 1. The van der Waals surface area contributed by atoms with Gasteiger partial charge in [-0.1, -0.05) is 6.07 Å². The average molecular weight is 172 g/mol. The SMILES string of the molecule is Cc1ccc(OC(=O)Cl)nc1. The van der Waals surface area contributed by atoms with Crippen LogP contribution in [0, 0.1) is 6.92 Å². The van der Waals surface area contributed by atoms with Crippen LogP contribution < -0.4 is 4.74 Å². The van der Waals surface area contributed by atoms with E-state index in [1.807, 2.05) is 6.92 Å². The van der Waals surface area contributed by atoms with Gasteiger partial charge in [-0.2, -0.15) is 0 Å². The topological polar surface area (TPSA) is 39.2 Å². The molecule has 11 heavy (non-hydrogen) atoms. The van der Waals surface area contributed by atoms with E-state index in [1.54, 1.807) is 18.3 Å². The molecule has 0 unspecified atom stereocenters. The molecule has 0 aromatic carbocycles. The quantitative estimate of drug-likeness (QED) is 0.608. The first kappa shape index (κ1) is 8.01. The number of ether oxygens (including phenoxy) is 1. The van der Waals surface area contributed by atoms with Crippen LogP contribution in [-0.2, 0) is 0 Å². The van der Waals surface area contributed by atoms with E-state index in [0.29, 0.717) is 0 Å². The highest BCUT2D eigenvalue weighted by Crippen LogP contribution is 2.07. The fourth-order valence-corrected chi connectivity index (χ4v) is 0.676. The second-order valence-electron chi connectivity index (χ2n) is 2.01. The minimum Gasteiger partial charge on any atom is -0.395 e. The predicted molar refractivity (Wildman–Crippen MR) is 40.9 cm³/mol. The maximum Gasteiger partial charge on any atom is 0.410 e. The minimum atomic E-state index is -0.874. The van der Waals surface area contributed by atoms with Gasteiger partial charge < -0.3 is 4.74 Å². The van der Waals surface area contributed by atoms with Crippen molar-refractivity contribution in [3.8, 4) is 5.88 Å². The maximum atomic E-state index is 10.2. The monoisotopic (exact) mass is 171 g/mol. The molecule has 1 heterocycles. The van der Waals surface area contributed by atoms with Crippen molar-refractivity contribution in [1.82, 2.24) is 4.98 Å². The third-order valence-corrected chi connectivity index (χ3v) is 1.15. The summed E-state index contributed by atoms with van der Waals surface area (Å²) >= 11 is 4.95. The van der Waals surface area contributed by atoms with Crippen molar-refractivity contribution in [2.24, 2.45) is 0 Å². The standard InChI is InChI=1S/C7H6ClNO2/c1-5-2-3-6(9-4-5)11-7(8)10/h2-4H,1H3. The minimum absolute atomic E-state index is 0.218. The molecule has 3 nitrogen and oxygen atoms in total. The Kier molecular flexibility index (Phi) is 2.44. The van der Waals surface area contributed by atoms with E-state index < -0.39 is 5.43 Å². The Balaban J connectivity index is 2.74. The number of hydrogen-bond acceptors (Lipinski definition) is 3. The molecule has 4 heteroatoms. The number of pyridine rings is 1. The van der Waals surface area contributed by atoms with Crippen LogP contribution in [0.25, 0.3) is 0 Å². The average Bonchev–Trinajstić information content (AvgIpc) is 1.93. The molecule has 0 spiro atoms. The second kappa shape index (κ2) is 3.34. The number of halogens is 1. The molecule has 0 saturated carbocycles. The van der Waals surface area contributed by atoms with Gasteiger partial charge in [0.05, 0.1) is 0 Å². The van der Waals surface area contributed by atoms with Gasteiger partial charge >= 0.3 is 5.43 Å². The Morgan fingerprint density at radius 2 is 2.36 bits per heavy atom. The molecule has 0 radical (unpaired) electrons. The van der Waals surface area contributed by atoms with Crippen LogP contribution in [0.15, 0.2) is 18.3 Å². The highest BCUT2D eigenvalue weighted by atomic mass is 35.5. The van der Waals surface area contributed by atoms with E-state index in [-0.39, 0.29) is 5.88 Å². The molecule has 0 aliphatic carbocycles. The zero-order valence-corrected chi connectivity index (χ0v) is 6.63. The normalized spacial score (nSPS) is 9.27. The van der Waals surface area contributed by atoms with Crippen molar-refractivity contribution in [3.05, 3.63) is 23.9 Å². The lowest BCUT2D eigenvalue weighted by Gasteiger charge is -1.96. The summed E-state index contributed by atoms with van der Waals surface area (Å²) in [6.07, 6.45) is 1.59. The molecule has 1 aromatic heterocycles. The maximum absolute atomic E-state index is 10.2. The molecule has 0 saturated heterocycles. The van der Waals surface area contributed by atoms with Crippen molar-refractivity contribution in [2.45, 2.75) is 6.92 Å². The Morgan fingerprint density at radius 3 is 2.82 bits per heavy atom. The van der Waals surface area contributed by atoms with Gasteiger partial charge in [-0.05, 0) is 12.5 Å². The zero-order chi connectivity index (χ0) is 8.27. The summed E-state index contributed by atoms with van der Waals surface area (Å²) in [5.41, 5.74) is 0.126. The molecule has 0 aliphatic heterocycles. The molecular formula is C7H6ClNO2. The molecule has 0 N–H and O–H groups in total. The van der Waals surface area contributed by atoms with E-state index in [0.717, 1.165) is 5.56 Å². The van der Waals surface area contributed by atoms with E-state index in [9.17, 15) is 4.79 Å². The lowest BCUT2D eigenvalue weighted by molar-refractivity contribution is 0.224. The fourth-order valence-electron chi connectivity index (χ4n) is 0.597. The highest BCUT2D eigenvalue weighted by molar-refractivity contribution is 6.61. The molecule has 58 valence electrons. The third kappa shape index (κ3) is 2.55. The largest absolute Gasteiger partial charge is 0.410 e. The van der Waals surface area contributed by atoms with Crippen LogP contribution >= 0.6 is 11.6 Å². The Bertz CT molecular complexity index is 258. The number of carbonyl (C=O) groups excluding carboxylic acids is 1. The Labute approximate surface area is 69.0 Å². The van der Waals surface area contributed by atoms with Gasteiger partial charge in [-0.3, -0.25) is 0 Å². The van der Waals surface area contributed by atoms with E-state index in [1.165, 1.54) is 0 Å². The molecule has 1 rings (SSSR count). The van der Waals surface area contributed by atoms with Crippen molar-refractivity contribution >= 4 is 17.0 Å². The summed E-state index contributed by atoms with van der Waals surface area (Å²) in [4.78, 5) is 14.0. The van der Waals surface area contributed by atoms with Gasteiger partial charge in [0.25, 0.3) is 0 Å². The van der Waals surface area contributed by atoms with Crippen LogP contribution in [0.3, 0.4) is 0 Å². The van der Waals surface area contributed by atoms with Gasteiger partial charge in [0.15, 0.2) is 0 Å². The second-order valence-corrected chi connectivity index (χ2v) is 2.32. The van der Waals surface area contributed by atoms with Gasteiger partial charge in [-0.25, -0.2) is 9.78 Å². The summed E-state index contributed by atoms with van der Waals surface area (Å²) < 4.78 is 4.48. The molecular weight excluding hydrogens is 166 g/mol. The van der Waals surface area contributed by atoms with Crippen LogP contribution in [-0.4, -0.2) is 10.4 Å². The lowest BCUT2D eigenvalue weighted by Crippen LogP contribution is -1.97. The van der Waals surface area contributed by atoms with E-state index in [2.05, 4.69) is 9.72 Å². The van der Waals surface area contributed by atoms with Gasteiger partial charge in [0.1, 0.15) is 0 Å². The van der Waals surface area contributed by atoms with Crippen LogP contribution in [0.1, 0.15) is 5.56 Å². The third-order valence-electron chi connectivity index (χ3n) is 1.07. The molecule has 1 aromatic rings. The lowest BCUT2D eigenvalue weighted by atomic mass is 10.3. The smallest absolute Gasteiger partial charge is 0.395 e. The summed E-state index contributed by atoms with van der Waals surface area (Å²) in [7, 11) is 0. The van der Waals surface area contributed by atoms with Crippen LogP contribution in [0.5, 0.6) is 5.88 Å². The summed E-state index contributed by atoms with van der Waals surface area (Å²) in [6.45, 7) is 1.89. The van der Waals surface area contributed by atoms with Gasteiger partial charge in [0.2, 0.25) is 5.88 Å². The number of hydrogen-bond donors (Lipinski definition) is 0. The summed E-state index contributed by atoms with van der Waals surface area (Å²) in [6, 6.07) is 3.36. The molecule has 0 bridgehead atoms. The predicted octanol–water partition coefficient (Wildman–Crippen LogP) is 2.13. The first-order valence-corrected chi connectivity index (χ1v) is 3.36. The Morgan fingerprint density at radius 1 is 1.64 bits per heavy atom. The van der Waals surface area contributed by atoms with Gasteiger partial charge in [0, 0.05) is 23.9 Å². The first-order chi connectivity index (χ1) is 5.18. The number of rotatable bonds is 1. The highest BCUT2D eigenvalue weighted by Gasteiger charge is 1.98. The number of nitrogens with zero attached hydrogens (tertiary/aromatic N) is 1. The zero-order valence-electron chi connectivity index (χ0n) is 5.87.